The highest BCUT2D eigenvalue weighted by Gasteiger charge is 2.07. The lowest BCUT2D eigenvalue weighted by molar-refractivity contribution is 0.0442. The van der Waals surface area contributed by atoms with E-state index in [0.717, 1.165) is 25.2 Å². The molecule has 0 atom stereocenters. The number of hydrogen-bond donors (Lipinski definition) is 1. The van der Waals surface area contributed by atoms with Gasteiger partial charge in [0.05, 0.1) is 6.61 Å². The maximum Gasteiger partial charge on any atom is 0.508 e. The summed E-state index contributed by atoms with van der Waals surface area (Å²) < 4.78 is 14.3. The highest BCUT2D eigenvalue weighted by molar-refractivity contribution is 5.59. The molecule has 6 heteroatoms. The average Bonchev–Trinajstić information content (AvgIpc) is 2.31. The zero-order chi connectivity index (χ0) is 12.7. The van der Waals surface area contributed by atoms with Crippen LogP contribution in [-0.2, 0) is 16.1 Å². The standard InChI is InChI=1S/C11H14O6/c1-2-3-4-15-11(14)17-6-8-5-9(12)10(13)7-16-8/h5,7,13H,2-4,6H2,1H3. The molecule has 1 heterocycles. The third-order valence-corrected chi connectivity index (χ3v) is 1.92. The fourth-order valence-electron chi connectivity index (χ4n) is 0.991. The Morgan fingerprint density at radius 3 is 2.88 bits per heavy atom. The molecule has 0 spiro atoms. The van der Waals surface area contributed by atoms with Crippen molar-refractivity contribution in [3.8, 4) is 5.75 Å². The van der Waals surface area contributed by atoms with Crippen molar-refractivity contribution < 1.29 is 23.8 Å². The van der Waals surface area contributed by atoms with Gasteiger partial charge in [-0.15, -0.1) is 0 Å². The number of carbonyl (C=O) groups is 1. The summed E-state index contributed by atoms with van der Waals surface area (Å²) in [4.78, 5) is 22.0. The first-order valence-electron chi connectivity index (χ1n) is 5.23. The van der Waals surface area contributed by atoms with Gasteiger partial charge in [0.1, 0.15) is 12.0 Å². The summed E-state index contributed by atoms with van der Waals surface area (Å²) in [6, 6.07) is 1.05. The van der Waals surface area contributed by atoms with E-state index in [1.165, 1.54) is 0 Å². The number of ether oxygens (including phenoxy) is 2. The molecule has 0 bridgehead atoms. The zero-order valence-corrected chi connectivity index (χ0v) is 9.47. The van der Waals surface area contributed by atoms with E-state index in [1.54, 1.807) is 0 Å². The molecule has 0 saturated heterocycles. The zero-order valence-electron chi connectivity index (χ0n) is 9.47. The molecule has 0 aliphatic rings. The number of carbonyl (C=O) groups excluding carboxylic acids is 1. The van der Waals surface area contributed by atoms with Gasteiger partial charge in [-0.25, -0.2) is 4.79 Å². The molecule has 0 aliphatic heterocycles. The topological polar surface area (TPSA) is 86.0 Å². The summed E-state index contributed by atoms with van der Waals surface area (Å²) in [5.41, 5.74) is -0.589. The van der Waals surface area contributed by atoms with Crippen LogP contribution < -0.4 is 5.43 Å². The number of rotatable bonds is 5. The van der Waals surface area contributed by atoms with E-state index in [1.807, 2.05) is 6.92 Å². The molecule has 0 unspecified atom stereocenters. The van der Waals surface area contributed by atoms with Crippen molar-refractivity contribution in [3.05, 3.63) is 28.3 Å². The van der Waals surface area contributed by atoms with E-state index in [0.29, 0.717) is 6.61 Å². The molecule has 0 saturated carbocycles. The van der Waals surface area contributed by atoms with Crippen molar-refractivity contribution in [1.82, 2.24) is 0 Å². The third-order valence-electron chi connectivity index (χ3n) is 1.92. The maximum atomic E-state index is 11.0. The average molecular weight is 242 g/mol. The molecule has 0 fully saturated rings. The Labute approximate surface area is 97.8 Å². The van der Waals surface area contributed by atoms with Crippen molar-refractivity contribution in [2.45, 2.75) is 26.4 Å². The lowest BCUT2D eigenvalue weighted by Crippen LogP contribution is -2.09. The molecule has 0 aliphatic carbocycles. The van der Waals surface area contributed by atoms with E-state index < -0.39 is 17.3 Å². The fraction of sp³-hybridized carbons (Fsp3) is 0.455. The van der Waals surface area contributed by atoms with Crippen LogP contribution in [0.1, 0.15) is 25.5 Å². The summed E-state index contributed by atoms with van der Waals surface area (Å²) >= 11 is 0. The van der Waals surface area contributed by atoms with Gasteiger partial charge in [-0.05, 0) is 6.42 Å². The van der Waals surface area contributed by atoms with Gasteiger partial charge < -0.3 is 19.0 Å². The Bertz CT molecular complexity index is 422. The first-order valence-corrected chi connectivity index (χ1v) is 5.23. The molecular formula is C11H14O6. The van der Waals surface area contributed by atoms with Crippen LogP contribution in [0.3, 0.4) is 0 Å². The lowest BCUT2D eigenvalue weighted by Gasteiger charge is -2.04. The summed E-state index contributed by atoms with van der Waals surface area (Å²) in [5.74, 6) is -0.348. The summed E-state index contributed by atoms with van der Waals surface area (Å²) in [7, 11) is 0. The molecule has 0 radical (unpaired) electrons. The third kappa shape index (κ3) is 4.58. The molecular weight excluding hydrogens is 228 g/mol. The second kappa shape index (κ2) is 6.57. The highest BCUT2D eigenvalue weighted by atomic mass is 16.7. The van der Waals surface area contributed by atoms with Gasteiger partial charge >= 0.3 is 6.16 Å². The lowest BCUT2D eigenvalue weighted by atomic mass is 10.4. The van der Waals surface area contributed by atoms with E-state index in [2.05, 4.69) is 0 Å². The van der Waals surface area contributed by atoms with Crippen molar-refractivity contribution in [1.29, 1.82) is 0 Å². The second-order valence-corrected chi connectivity index (χ2v) is 3.34. The van der Waals surface area contributed by atoms with Gasteiger partial charge in [0.25, 0.3) is 0 Å². The molecule has 94 valence electrons. The molecule has 1 N–H and O–H groups in total. The molecule has 0 amide bonds. The van der Waals surface area contributed by atoms with Crippen LogP contribution in [0.2, 0.25) is 0 Å². The Morgan fingerprint density at radius 2 is 2.24 bits per heavy atom. The van der Waals surface area contributed by atoms with Gasteiger partial charge in [0, 0.05) is 6.07 Å². The fourth-order valence-corrected chi connectivity index (χ4v) is 0.991. The minimum Gasteiger partial charge on any atom is -0.502 e. The number of unbranched alkanes of at least 4 members (excludes halogenated alkanes) is 1. The van der Waals surface area contributed by atoms with Crippen molar-refractivity contribution in [2.24, 2.45) is 0 Å². The second-order valence-electron chi connectivity index (χ2n) is 3.34. The highest BCUT2D eigenvalue weighted by Crippen LogP contribution is 2.05. The van der Waals surface area contributed by atoms with Crippen molar-refractivity contribution in [3.63, 3.8) is 0 Å². The molecule has 0 aromatic carbocycles. The predicted molar refractivity (Wildman–Crippen MR) is 57.7 cm³/mol. The van der Waals surface area contributed by atoms with Gasteiger partial charge in [-0.3, -0.25) is 4.79 Å². The number of aromatic hydroxyl groups is 1. The Balaban J connectivity index is 2.37. The summed E-state index contributed by atoms with van der Waals surface area (Å²) in [6.45, 7) is 2.06. The smallest absolute Gasteiger partial charge is 0.502 e. The van der Waals surface area contributed by atoms with Crippen LogP contribution in [-0.4, -0.2) is 17.9 Å². The molecule has 6 nitrogen and oxygen atoms in total. The maximum absolute atomic E-state index is 11.0. The Kier molecular flexibility index (Phi) is 5.06. The predicted octanol–water partition coefficient (Wildman–Crippen LogP) is 1.80. The monoisotopic (exact) mass is 242 g/mol. The van der Waals surface area contributed by atoms with Crippen LogP contribution in [0, 0.1) is 0 Å². The first-order chi connectivity index (χ1) is 8.13. The summed E-state index contributed by atoms with van der Waals surface area (Å²) in [6.07, 6.45) is 1.77. The quantitative estimate of drug-likeness (QED) is 0.625. The van der Waals surface area contributed by atoms with Crippen LogP contribution in [0.5, 0.6) is 5.75 Å². The first kappa shape index (κ1) is 13.1. The Hall–Kier alpha value is -1.98. The van der Waals surface area contributed by atoms with Gasteiger partial charge in [0.2, 0.25) is 5.43 Å². The van der Waals surface area contributed by atoms with Gasteiger partial charge in [-0.1, -0.05) is 13.3 Å². The minimum absolute atomic E-state index is 0.139. The summed E-state index contributed by atoms with van der Waals surface area (Å²) in [5, 5.41) is 8.93. The van der Waals surface area contributed by atoms with E-state index >= 15 is 0 Å². The molecule has 17 heavy (non-hydrogen) atoms. The number of hydrogen-bond acceptors (Lipinski definition) is 6. The van der Waals surface area contributed by atoms with Crippen molar-refractivity contribution >= 4 is 6.16 Å². The molecule has 1 aromatic rings. The van der Waals surface area contributed by atoms with Gasteiger partial charge in [0.15, 0.2) is 12.4 Å². The molecule has 1 rings (SSSR count). The van der Waals surface area contributed by atoms with Crippen LogP contribution in [0.25, 0.3) is 0 Å². The van der Waals surface area contributed by atoms with Gasteiger partial charge in [-0.2, -0.15) is 0 Å². The van der Waals surface area contributed by atoms with E-state index in [-0.39, 0.29) is 12.4 Å². The van der Waals surface area contributed by atoms with Crippen LogP contribution in [0.4, 0.5) is 4.79 Å². The van der Waals surface area contributed by atoms with E-state index in [4.69, 9.17) is 19.0 Å². The Morgan fingerprint density at radius 1 is 1.47 bits per heavy atom. The van der Waals surface area contributed by atoms with Crippen molar-refractivity contribution in [2.75, 3.05) is 6.61 Å². The SMILES string of the molecule is CCCCOC(=O)OCc1cc(=O)c(O)co1. The minimum atomic E-state index is -0.811. The normalized spacial score (nSPS) is 9.94. The van der Waals surface area contributed by atoms with E-state index in [9.17, 15) is 9.59 Å². The molecule has 1 aromatic heterocycles. The van der Waals surface area contributed by atoms with Crippen LogP contribution >= 0.6 is 0 Å². The van der Waals surface area contributed by atoms with Crippen LogP contribution in [0.15, 0.2) is 21.5 Å². The largest absolute Gasteiger partial charge is 0.508 e.